The number of hydrogen-bond donors (Lipinski definition) is 1. The molecule has 1 N–H and O–H groups in total. The summed E-state index contributed by atoms with van der Waals surface area (Å²) in [7, 11) is 0. The summed E-state index contributed by atoms with van der Waals surface area (Å²) in [5.41, 5.74) is 1.12. The first-order valence-corrected chi connectivity index (χ1v) is 5.29. The molecule has 1 aromatic carbocycles. The highest BCUT2D eigenvalue weighted by Crippen LogP contribution is 2.10. The number of allylic oxidation sites excluding steroid dienone is 1. The van der Waals surface area contributed by atoms with Gasteiger partial charge < -0.3 is 9.84 Å². The number of phenols is 1. The molecule has 1 aromatic rings. The lowest BCUT2D eigenvalue weighted by molar-refractivity contribution is -0.137. The Kier molecular flexibility index (Phi) is 5.12. The highest BCUT2D eigenvalue weighted by atomic mass is 16.5. The summed E-state index contributed by atoms with van der Waals surface area (Å²) in [4.78, 5) is 11.0. The molecule has 3 heteroatoms. The van der Waals surface area contributed by atoms with Crippen molar-refractivity contribution in [2.75, 3.05) is 6.61 Å². The first-order chi connectivity index (χ1) is 7.72. The topological polar surface area (TPSA) is 46.5 Å². The van der Waals surface area contributed by atoms with Gasteiger partial charge in [0.25, 0.3) is 0 Å². The second-order valence-electron chi connectivity index (χ2n) is 3.44. The van der Waals surface area contributed by atoms with E-state index in [-0.39, 0.29) is 11.7 Å². The normalized spacial score (nSPS) is 10.6. The molecular formula is C13H16O3. The molecule has 86 valence electrons. The van der Waals surface area contributed by atoms with E-state index in [2.05, 4.69) is 0 Å². The zero-order chi connectivity index (χ0) is 11.8. The van der Waals surface area contributed by atoms with Crippen LogP contribution in [-0.2, 0) is 16.0 Å². The highest BCUT2D eigenvalue weighted by Gasteiger charge is 1.97. The molecule has 1 rings (SSSR count). The van der Waals surface area contributed by atoms with Gasteiger partial charge in [0.05, 0.1) is 6.61 Å². The van der Waals surface area contributed by atoms with Crippen LogP contribution in [0.4, 0.5) is 0 Å². The van der Waals surface area contributed by atoms with Gasteiger partial charge in [0.15, 0.2) is 0 Å². The lowest BCUT2D eigenvalue weighted by atomic mass is 10.1. The fourth-order valence-corrected chi connectivity index (χ4v) is 1.30. The number of esters is 1. The van der Waals surface area contributed by atoms with Crippen LogP contribution in [0, 0.1) is 0 Å². The second kappa shape index (κ2) is 6.67. The Morgan fingerprint density at radius 2 is 2.06 bits per heavy atom. The third kappa shape index (κ3) is 4.64. The maximum Gasteiger partial charge on any atom is 0.330 e. The summed E-state index contributed by atoms with van der Waals surface area (Å²) in [6.07, 6.45) is 4.68. The molecule has 0 aromatic heterocycles. The lowest BCUT2D eigenvalue weighted by Crippen LogP contribution is -2.03. The maximum absolute atomic E-state index is 11.0. The first-order valence-electron chi connectivity index (χ1n) is 5.29. The van der Waals surface area contributed by atoms with E-state index in [1.165, 1.54) is 6.08 Å². The van der Waals surface area contributed by atoms with Gasteiger partial charge in [-0.15, -0.1) is 0 Å². The minimum absolute atomic E-state index is 0.267. The van der Waals surface area contributed by atoms with Crippen molar-refractivity contribution in [3.8, 4) is 5.75 Å². The highest BCUT2D eigenvalue weighted by molar-refractivity contribution is 5.81. The Hall–Kier alpha value is -1.77. The van der Waals surface area contributed by atoms with E-state index in [9.17, 15) is 4.79 Å². The Bertz CT molecular complexity index is 352. The van der Waals surface area contributed by atoms with Crippen molar-refractivity contribution in [3.63, 3.8) is 0 Å². The summed E-state index contributed by atoms with van der Waals surface area (Å²) in [6.45, 7) is 2.20. The molecule has 0 aliphatic heterocycles. The number of carbonyl (C=O) groups excluding carboxylic acids is 1. The predicted octanol–water partition coefficient (Wildman–Crippen LogP) is 2.44. The number of phenolic OH excluding ortho intramolecular Hbond substituents is 1. The lowest BCUT2D eigenvalue weighted by Gasteiger charge is -2.02. The summed E-state index contributed by atoms with van der Waals surface area (Å²) < 4.78 is 4.95. The third-order valence-electron chi connectivity index (χ3n) is 2.09. The summed E-state index contributed by atoms with van der Waals surface area (Å²) in [6, 6.07) is 7.04. The van der Waals surface area contributed by atoms with Gasteiger partial charge >= 0.3 is 5.97 Å². The number of ether oxygens (including phenoxy) is 1. The quantitative estimate of drug-likeness (QED) is 0.471. The van der Waals surface area contributed by atoms with Crippen LogP contribution in [-0.4, -0.2) is 17.7 Å². The van der Waals surface area contributed by atoms with Gasteiger partial charge in [-0.2, -0.15) is 0 Å². The molecule has 0 unspecified atom stereocenters. The molecule has 0 aliphatic carbocycles. The van der Waals surface area contributed by atoms with Crippen LogP contribution >= 0.6 is 0 Å². The van der Waals surface area contributed by atoms with Crippen molar-refractivity contribution in [2.45, 2.75) is 19.8 Å². The van der Waals surface area contributed by atoms with Gasteiger partial charge in [0.1, 0.15) is 5.75 Å². The van der Waals surface area contributed by atoms with E-state index < -0.39 is 0 Å². The van der Waals surface area contributed by atoms with Crippen LogP contribution in [0.3, 0.4) is 0 Å². The zero-order valence-electron chi connectivity index (χ0n) is 9.35. The van der Waals surface area contributed by atoms with Gasteiger partial charge in [0.2, 0.25) is 0 Å². The van der Waals surface area contributed by atoms with Crippen molar-refractivity contribution < 1.29 is 14.6 Å². The Morgan fingerprint density at radius 3 is 2.69 bits per heavy atom. The summed E-state index contributed by atoms with van der Waals surface area (Å²) >= 11 is 0. The molecule has 16 heavy (non-hydrogen) atoms. The summed E-state index contributed by atoms with van der Waals surface area (Å²) in [5.74, 6) is -0.0310. The van der Waals surface area contributed by atoms with Crippen LogP contribution in [0.1, 0.15) is 18.9 Å². The minimum Gasteiger partial charge on any atom is -0.508 e. The summed E-state index contributed by atoms with van der Waals surface area (Å²) in [5, 5.41) is 9.08. The molecule has 0 heterocycles. The molecule has 0 aliphatic rings. The fraction of sp³-hybridized carbons (Fsp3) is 0.308. The number of aryl methyl sites for hydroxylation is 1. The molecule has 3 nitrogen and oxygen atoms in total. The van der Waals surface area contributed by atoms with Crippen molar-refractivity contribution in [2.24, 2.45) is 0 Å². The van der Waals surface area contributed by atoms with Crippen molar-refractivity contribution >= 4 is 5.97 Å². The minimum atomic E-state index is -0.298. The number of benzene rings is 1. The molecule has 0 fully saturated rings. The molecule has 0 saturated carbocycles. The van der Waals surface area contributed by atoms with Crippen molar-refractivity contribution in [1.29, 1.82) is 0 Å². The van der Waals surface area contributed by atoms with Crippen LogP contribution in [0.25, 0.3) is 0 Å². The Balaban J connectivity index is 2.21. The molecule has 0 radical (unpaired) electrons. The van der Waals surface area contributed by atoms with Gasteiger partial charge in [-0.3, -0.25) is 0 Å². The molecule has 0 atom stereocenters. The molecule has 0 saturated heterocycles. The number of carbonyl (C=O) groups is 1. The number of rotatable bonds is 5. The van der Waals surface area contributed by atoms with E-state index in [4.69, 9.17) is 9.84 Å². The van der Waals surface area contributed by atoms with Crippen molar-refractivity contribution in [3.05, 3.63) is 42.0 Å². The predicted molar refractivity (Wildman–Crippen MR) is 62.2 cm³/mol. The maximum atomic E-state index is 11.0. The zero-order valence-corrected chi connectivity index (χ0v) is 9.35. The number of aromatic hydroxyl groups is 1. The van der Waals surface area contributed by atoms with E-state index in [0.717, 1.165) is 18.4 Å². The molecule has 0 spiro atoms. The third-order valence-corrected chi connectivity index (χ3v) is 2.09. The van der Waals surface area contributed by atoms with E-state index in [0.29, 0.717) is 6.61 Å². The molecular weight excluding hydrogens is 204 g/mol. The SMILES string of the molecule is CC=CC(=O)OCCCc1ccc(O)cc1. The smallest absolute Gasteiger partial charge is 0.330 e. The Morgan fingerprint density at radius 1 is 1.38 bits per heavy atom. The first kappa shape index (κ1) is 12.3. The molecule has 0 bridgehead atoms. The molecule has 0 amide bonds. The van der Waals surface area contributed by atoms with E-state index in [1.54, 1.807) is 25.1 Å². The number of hydrogen-bond acceptors (Lipinski definition) is 3. The van der Waals surface area contributed by atoms with Crippen LogP contribution in [0.5, 0.6) is 5.75 Å². The largest absolute Gasteiger partial charge is 0.508 e. The average molecular weight is 220 g/mol. The standard InChI is InChI=1S/C13H16O3/c1-2-4-13(15)16-10-3-5-11-6-8-12(14)9-7-11/h2,4,6-9,14H,3,5,10H2,1H3. The van der Waals surface area contributed by atoms with E-state index >= 15 is 0 Å². The van der Waals surface area contributed by atoms with Gasteiger partial charge in [-0.05, 0) is 37.5 Å². The second-order valence-corrected chi connectivity index (χ2v) is 3.44. The average Bonchev–Trinajstić information content (AvgIpc) is 2.27. The van der Waals surface area contributed by atoms with Crippen molar-refractivity contribution in [1.82, 2.24) is 0 Å². The monoisotopic (exact) mass is 220 g/mol. The van der Waals surface area contributed by atoms with E-state index in [1.807, 2.05) is 12.1 Å². The van der Waals surface area contributed by atoms with Crippen LogP contribution < -0.4 is 0 Å². The Labute approximate surface area is 95.4 Å². The van der Waals surface area contributed by atoms with Gasteiger partial charge in [0, 0.05) is 6.08 Å². The van der Waals surface area contributed by atoms with Gasteiger partial charge in [-0.25, -0.2) is 4.79 Å². The fourth-order valence-electron chi connectivity index (χ4n) is 1.30. The van der Waals surface area contributed by atoms with Crippen LogP contribution in [0.2, 0.25) is 0 Å². The van der Waals surface area contributed by atoms with Gasteiger partial charge in [-0.1, -0.05) is 18.2 Å². The van der Waals surface area contributed by atoms with Crippen LogP contribution in [0.15, 0.2) is 36.4 Å².